The second kappa shape index (κ2) is 7.24. The van der Waals surface area contributed by atoms with Crippen molar-refractivity contribution in [1.29, 1.82) is 0 Å². The smallest absolute Gasteiger partial charge is 0.0647 e. The van der Waals surface area contributed by atoms with E-state index >= 15 is 0 Å². The largest absolute Gasteiger partial charge is 0.396 e. The predicted octanol–water partition coefficient (Wildman–Crippen LogP) is 2.73. The molecule has 0 aromatic heterocycles. The van der Waals surface area contributed by atoms with Crippen molar-refractivity contribution in [2.24, 2.45) is 5.92 Å². The monoisotopic (exact) mass is 202 g/mol. The molecule has 0 fully saturated rings. The second-order valence-electron chi connectivity index (χ2n) is 4.32. The highest BCUT2D eigenvalue weighted by molar-refractivity contribution is 4.79. The minimum absolute atomic E-state index is 0.241. The zero-order valence-corrected chi connectivity index (χ0v) is 9.92. The molecule has 0 aliphatic heterocycles. The standard InChI is InChI=1S/C12H26O2/c1-4-8-12(14,6-3)10-11(5-2)7-9-13/h11,13-14H,4-10H2,1-3H3. The molecule has 0 saturated carbocycles. The molecule has 14 heavy (non-hydrogen) atoms. The Bertz CT molecular complexity index is 136. The van der Waals surface area contributed by atoms with Crippen LogP contribution >= 0.6 is 0 Å². The lowest BCUT2D eigenvalue weighted by Crippen LogP contribution is -2.30. The fourth-order valence-corrected chi connectivity index (χ4v) is 2.06. The number of hydrogen-bond donors (Lipinski definition) is 2. The highest BCUT2D eigenvalue weighted by atomic mass is 16.3. The quantitative estimate of drug-likeness (QED) is 0.635. The first-order chi connectivity index (χ1) is 6.61. The molecule has 0 radical (unpaired) electrons. The normalized spacial score (nSPS) is 17.8. The second-order valence-corrected chi connectivity index (χ2v) is 4.32. The van der Waals surface area contributed by atoms with Crippen LogP contribution < -0.4 is 0 Å². The van der Waals surface area contributed by atoms with E-state index in [0.717, 1.165) is 38.5 Å². The van der Waals surface area contributed by atoms with Crippen molar-refractivity contribution in [3.8, 4) is 0 Å². The van der Waals surface area contributed by atoms with Crippen molar-refractivity contribution in [1.82, 2.24) is 0 Å². The molecule has 0 aliphatic carbocycles. The van der Waals surface area contributed by atoms with Crippen molar-refractivity contribution >= 4 is 0 Å². The van der Waals surface area contributed by atoms with Gasteiger partial charge in [-0.1, -0.05) is 33.6 Å². The summed E-state index contributed by atoms with van der Waals surface area (Å²) in [4.78, 5) is 0. The van der Waals surface area contributed by atoms with E-state index in [9.17, 15) is 5.11 Å². The average molecular weight is 202 g/mol. The average Bonchev–Trinajstić information content (AvgIpc) is 2.17. The molecule has 86 valence electrons. The van der Waals surface area contributed by atoms with Crippen LogP contribution in [0.1, 0.15) is 59.3 Å². The summed E-state index contributed by atoms with van der Waals surface area (Å²) in [6, 6.07) is 0. The molecule has 0 rings (SSSR count). The summed E-state index contributed by atoms with van der Waals surface area (Å²) < 4.78 is 0. The van der Waals surface area contributed by atoms with E-state index < -0.39 is 5.60 Å². The molecule has 2 unspecified atom stereocenters. The molecule has 2 heteroatoms. The first kappa shape index (κ1) is 13.9. The maximum atomic E-state index is 10.3. The van der Waals surface area contributed by atoms with E-state index in [1.54, 1.807) is 0 Å². The Balaban J connectivity index is 4.11. The van der Waals surface area contributed by atoms with Gasteiger partial charge in [0.05, 0.1) is 5.60 Å². The van der Waals surface area contributed by atoms with Crippen LogP contribution in [0.3, 0.4) is 0 Å². The van der Waals surface area contributed by atoms with Gasteiger partial charge in [0.15, 0.2) is 0 Å². The lowest BCUT2D eigenvalue weighted by Gasteiger charge is -2.30. The summed E-state index contributed by atoms with van der Waals surface area (Å²) >= 11 is 0. The van der Waals surface area contributed by atoms with E-state index in [-0.39, 0.29) is 6.61 Å². The van der Waals surface area contributed by atoms with E-state index in [4.69, 9.17) is 5.11 Å². The van der Waals surface area contributed by atoms with Crippen LogP contribution in [0.15, 0.2) is 0 Å². The third-order valence-corrected chi connectivity index (χ3v) is 3.16. The van der Waals surface area contributed by atoms with Crippen LogP contribution in [-0.2, 0) is 0 Å². The molecule has 0 amide bonds. The minimum Gasteiger partial charge on any atom is -0.396 e. The zero-order valence-electron chi connectivity index (χ0n) is 9.92. The Labute approximate surface area is 88.3 Å². The van der Waals surface area contributed by atoms with Crippen molar-refractivity contribution < 1.29 is 10.2 Å². The zero-order chi connectivity index (χ0) is 11.0. The summed E-state index contributed by atoms with van der Waals surface area (Å²) in [5.41, 5.74) is -0.495. The lowest BCUT2D eigenvalue weighted by atomic mass is 9.82. The number of rotatable bonds is 8. The van der Waals surface area contributed by atoms with E-state index in [1.807, 2.05) is 6.92 Å². The van der Waals surface area contributed by atoms with Gasteiger partial charge in [-0.3, -0.25) is 0 Å². The van der Waals surface area contributed by atoms with Gasteiger partial charge in [-0.2, -0.15) is 0 Å². The molecule has 0 aliphatic rings. The third kappa shape index (κ3) is 4.97. The highest BCUT2D eigenvalue weighted by Gasteiger charge is 2.26. The molecule has 0 aromatic rings. The summed E-state index contributed by atoms with van der Waals surface area (Å²) in [5.74, 6) is 0.469. The van der Waals surface area contributed by atoms with Crippen molar-refractivity contribution in [2.75, 3.05) is 6.61 Å². The molecule has 0 spiro atoms. The summed E-state index contributed by atoms with van der Waals surface area (Å²) in [6.07, 6.45) is 5.44. The molecular formula is C12H26O2. The third-order valence-electron chi connectivity index (χ3n) is 3.16. The van der Waals surface area contributed by atoms with Gasteiger partial charge in [-0.05, 0) is 31.6 Å². The molecule has 0 saturated heterocycles. The Kier molecular flexibility index (Phi) is 7.20. The van der Waals surface area contributed by atoms with E-state index in [1.165, 1.54) is 0 Å². The Hall–Kier alpha value is -0.0800. The Morgan fingerprint density at radius 2 is 1.86 bits per heavy atom. The van der Waals surface area contributed by atoms with Gasteiger partial charge in [-0.15, -0.1) is 0 Å². The van der Waals surface area contributed by atoms with Gasteiger partial charge in [0.1, 0.15) is 0 Å². The van der Waals surface area contributed by atoms with Crippen molar-refractivity contribution in [3.05, 3.63) is 0 Å². The molecule has 2 atom stereocenters. The molecular weight excluding hydrogens is 176 g/mol. The Morgan fingerprint density at radius 1 is 1.21 bits per heavy atom. The van der Waals surface area contributed by atoms with Crippen LogP contribution in [0, 0.1) is 5.92 Å². The molecule has 2 nitrogen and oxygen atoms in total. The summed E-state index contributed by atoms with van der Waals surface area (Å²) in [6.45, 7) is 6.52. The number of aliphatic hydroxyl groups excluding tert-OH is 1. The van der Waals surface area contributed by atoms with Gasteiger partial charge < -0.3 is 10.2 Å². The van der Waals surface area contributed by atoms with Gasteiger partial charge in [-0.25, -0.2) is 0 Å². The van der Waals surface area contributed by atoms with Crippen LogP contribution in [0.5, 0.6) is 0 Å². The van der Waals surface area contributed by atoms with E-state index in [0.29, 0.717) is 5.92 Å². The topological polar surface area (TPSA) is 40.5 Å². The van der Waals surface area contributed by atoms with E-state index in [2.05, 4.69) is 13.8 Å². The van der Waals surface area contributed by atoms with Crippen LogP contribution in [0.25, 0.3) is 0 Å². The fraction of sp³-hybridized carbons (Fsp3) is 1.00. The number of hydrogen-bond acceptors (Lipinski definition) is 2. The molecule has 2 N–H and O–H groups in total. The van der Waals surface area contributed by atoms with Crippen LogP contribution in [0.2, 0.25) is 0 Å². The maximum Gasteiger partial charge on any atom is 0.0647 e. The van der Waals surface area contributed by atoms with Crippen molar-refractivity contribution in [2.45, 2.75) is 64.9 Å². The predicted molar refractivity (Wildman–Crippen MR) is 60.2 cm³/mol. The van der Waals surface area contributed by atoms with Gasteiger partial charge in [0.25, 0.3) is 0 Å². The molecule has 0 heterocycles. The minimum atomic E-state index is -0.495. The lowest BCUT2D eigenvalue weighted by molar-refractivity contribution is -0.000742. The number of aliphatic hydroxyl groups is 2. The van der Waals surface area contributed by atoms with Crippen LogP contribution in [-0.4, -0.2) is 22.4 Å². The van der Waals surface area contributed by atoms with Crippen molar-refractivity contribution in [3.63, 3.8) is 0 Å². The molecule has 0 bridgehead atoms. The fourth-order valence-electron chi connectivity index (χ4n) is 2.06. The first-order valence-electron chi connectivity index (χ1n) is 5.95. The van der Waals surface area contributed by atoms with Crippen LogP contribution in [0.4, 0.5) is 0 Å². The van der Waals surface area contributed by atoms with Gasteiger partial charge >= 0.3 is 0 Å². The summed E-state index contributed by atoms with van der Waals surface area (Å²) in [7, 11) is 0. The Morgan fingerprint density at radius 3 is 2.21 bits per heavy atom. The molecule has 0 aromatic carbocycles. The van der Waals surface area contributed by atoms with Gasteiger partial charge in [0.2, 0.25) is 0 Å². The SMILES string of the molecule is CCCC(O)(CC)CC(CC)CCO. The highest BCUT2D eigenvalue weighted by Crippen LogP contribution is 2.28. The summed E-state index contributed by atoms with van der Waals surface area (Å²) in [5, 5.41) is 19.2. The van der Waals surface area contributed by atoms with Gasteiger partial charge in [0, 0.05) is 6.61 Å². The maximum absolute atomic E-state index is 10.3. The first-order valence-corrected chi connectivity index (χ1v) is 5.95.